The minimum Gasteiger partial charge on any atom is -0.508 e. The number of carbonyl (C=O) groups is 1. The summed E-state index contributed by atoms with van der Waals surface area (Å²) in [4.78, 5) is 33.7. The number of hydrogen-bond acceptors (Lipinski definition) is 9. The van der Waals surface area contributed by atoms with Gasteiger partial charge in [0.1, 0.15) is 34.5 Å². The number of nitrogens with zero attached hydrogens (tertiary/aromatic N) is 4. The van der Waals surface area contributed by atoms with E-state index in [1.54, 1.807) is 50.6 Å². The van der Waals surface area contributed by atoms with E-state index in [-0.39, 0.29) is 18.0 Å². The maximum atomic E-state index is 12.4. The minimum absolute atomic E-state index is 0.0190. The quantitative estimate of drug-likeness (QED) is 0.0691. The van der Waals surface area contributed by atoms with Gasteiger partial charge >= 0.3 is 0 Å². The summed E-state index contributed by atoms with van der Waals surface area (Å²) in [7, 11) is 7.50. The number of benzene rings is 9. The first-order valence-corrected chi connectivity index (χ1v) is 43.9. The van der Waals surface area contributed by atoms with Crippen LogP contribution in [0.15, 0.2) is 222 Å². The number of aliphatic imine (C=N–C) groups is 1. The third kappa shape index (κ3) is 16.7. The van der Waals surface area contributed by atoms with E-state index in [1.807, 2.05) is 48.7 Å². The summed E-state index contributed by atoms with van der Waals surface area (Å²) in [5.41, 5.74) is 25.5. The van der Waals surface area contributed by atoms with Crippen LogP contribution in [-0.2, 0) is 38.6 Å². The average Bonchev–Trinajstić information content (AvgIpc) is 1.70. The second kappa shape index (κ2) is 34.6. The van der Waals surface area contributed by atoms with Crippen molar-refractivity contribution >= 4 is 136 Å². The van der Waals surface area contributed by atoms with Gasteiger partial charge in [0.25, 0.3) is 5.91 Å². The number of phenolic OH excluding ortho intramolecular Hbond substituents is 1. The van der Waals surface area contributed by atoms with E-state index in [2.05, 4.69) is 251 Å². The highest BCUT2D eigenvalue weighted by Crippen LogP contribution is 2.47. The molecule has 7 heterocycles. The molecule has 5 aliphatic carbocycles. The molecule has 116 heavy (non-hydrogen) atoms. The predicted octanol–water partition coefficient (Wildman–Crippen LogP) is 25.7. The molecule has 0 bridgehead atoms. The van der Waals surface area contributed by atoms with Crippen LogP contribution in [0.1, 0.15) is 196 Å². The molecule has 15 aromatic rings. The number of amides is 1. The van der Waals surface area contributed by atoms with Gasteiger partial charge in [0.05, 0.1) is 26.3 Å². The molecule has 6 aliphatic rings. The minimum atomic E-state index is -0.195. The number of hydrogen-bond donors (Lipinski definition) is 6. The monoisotopic (exact) mass is 1800 g/mol. The Morgan fingerprint density at radius 3 is 1.52 bits per heavy atom. The fourth-order valence-electron chi connectivity index (χ4n) is 18.6. The zero-order valence-corrected chi connectivity index (χ0v) is 72.3. The Morgan fingerprint density at radius 2 is 0.974 bits per heavy atom. The number of halogens is 4. The van der Waals surface area contributed by atoms with Gasteiger partial charge in [-0.25, -0.2) is 0 Å². The SMILES string of the molecule is CN(C)c1ccc(C=NC2CCCc3c2[nH]c2ccc(Br)cc32)cc1.COc1ccc(C2CCCc3c2[nH]c2ccc(Br)cc32)cc1.COc1ccc(Oc2ccc3c(c2)c2c4n3CCCC4CCC2)cc1.Cc1cc(C(=O)NC2CCCc3c2[nH]c2ccc(Br)cc32)no1.Oc1ccc(C2CCCc3c2[nH]c2ccc(Br)cc32)cc1. The smallest absolute Gasteiger partial charge is 0.274 e. The summed E-state index contributed by atoms with van der Waals surface area (Å²) < 4.78 is 28.6. The van der Waals surface area contributed by atoms with Gasteiger partial charge in [0.2, 0.25) is 0 Å². The lowest BCUT2D eigenvalue weighted by Crippen LogP contribution is -2.31. The Balaban J connectivity index is 0.000000104. The molecule has 9 aromatic carbocycles. The van der Waals surface area contributed by atoms with Crippen molar-refractivity contribution in [2.75, 3.05) is 33.2 Å². The number of aromatic amines is 4. The summed E-state index contributed by atoms with van der Waals surface area (Å²) in [6.45, 7) is 2.94. The first-order chi connectivity index (χ1) is 56.5. The van der Waals surface area contributed by atoms with Gasteiger partial charge in [-0.05, 0) is 318 Å². The summed E-state index contributed by atoms with van der Waals surface area (Å²) in [6, 6.07) is 66.5. The Kier molecular flexibility index (Phi) is 23.4. The number of aromatic nitrogens is 6. The number of rotatable bonds is 11. The lowest BCUT2D eigenvalue weighted by Gasteiger charge is -2.29. The van der Waals surface area contributed by atoms with Crippen LogP contribution in [0.5, 0.6) is 28.7 Å². The number of aryl methyl sites for hydroxylation is 7. The van der Waals surface area contributed by atoms with Crippen LogP contribution >= 0.6 is 63.7 Å². The maximum absolute atomic E-state index is 12.4. The third-order valence-corrected chi connectivity index (χ3v) is 26.2. The van der Waals surface area contributed by atoms with Crippen LogP contribution in [0.3, 0.4) is 0 Å². The Labute approximate surface area is 709 Å². The predicted molar refractivity (Wildman–Crippen MR) is 483 cm³/mol. The molecule has 21 rings (SSSR count). The van der Waals surface area contributed by atoms with Crippen LogP contribution in [0, 0.1) is 6.92 Å². The van der Waals surface area contributed by atoms with Crippen molar-refractivity contribution in [1.29, 1.82) is 0 Å². The van der Waals surface area contributed by atoms with Gasteiger partial charge in [0.15, 0.2) is 5.69 Å². The molecule has 592 valence electrons. The molecule has 19 heteroatoms. The molecule has 5 atom stereocenters. The van der Waals surface area contributed by atoms with E-state index < -0.39 is 0 Å². The van der Waals surface area contributed by atoms with Gasteiger partial charge in [-0.3, -0.25) is 9.79 Å². The van der Waals surface area contributed by atoms with Crippen LogP contribution in [0.2, 0.25) is 0 Å². The molecule has 0 saturated heterocycles. The summed E-state index contributed by atoms with van der Waals surface area (Å²) in [5, 5.41) is 23.0. The van der Waals surface area contributed by atoms with Crippen molar-refractivity contribution < 1.29 is 28.6 Å². The Hall–Kier alpha value is -10.1. The molecule has 1 amide bonds. The number of anilines is 1. The Morgan fingerprint density at radius 1 is 0.509 bits per heavy atom. The van der Waals surface area contributed by atoms with Crippen LogP contribution in [0.25, 0.3) is 54.5 Å². The summed E-state index contributed by atoms with van der Waals surface area (Å²) in [6.07, 6.45) is 22.1. The highest BCUT2D eigenvalue weighted by molar-refractivity contribution is 9.11. The lowest BCUT2D eigenvalue weighted by molar-refractivity contribution is 0.0922. The van der Waals surface area contributed by atoms with Crippen molar-refractivity contribution in [2.24, 2.45) is 4.99 Å². The second-order valence-electron chi connectivity index (χ2n) is 31.7. The van der Waals surface area contributed by atoms with Crippen molar-refractivity contribution in [1.82, 2.24) is 35.0 Å². The fraction of sp³-hybridized carbons (Fsp3) is 0.289. The topological polar surface area (TPSA) is 187 Å². The number of phenols is 1. The number of aromatic hydroxyl groups is 1. The normalized spacial score (nSPS) is 17.7. The first-order valence-electron chi connectivity index (χ1n) is 40.7. The van der Waals surface area contributed by atoms with Crippen LogP contribution < -0.4 is 24.4 Å². The van der Waals surface area contributed by atoms with Gasteiger partial charge in [-0.1, -0.05) is 105 Å². The zero-order chi connectivity index (χ0) is 79.7. The van der Waals surface area contributed by atoms with Gasteiger partial charge in [0, 0.05) is 151 Å². The molecule has 0 spiro atoms. The molecule has 6 N–H and O–H groups in total. The molecule has 0 radical (unpaired) electrons. The first kappa shape index (κ1) is 78.5. The summed E-state index contributed by atoms with van der Waals surface area (Å²) in [5.74, 6) is 5.93. The highest BCUT2D eigenvalue weighted by Gasteiger charge is 2.33. The van der Waals surface area contributed by atoms with E-state index in [9.17, 15) is 9.90 Å². The number of H-pyrrole nitrogens is 4. The van der Waals surface area contributed by atoms with Crippen molar-refractivity contribution in [3.63, 3.8) is 0 Å². The van der Waals surface area contributed by atoms with Crippen molar-refractivity contribution in [3.05, 3.63) is 296 Å². The molecule has 6 aromatic heterocycles. The van der Waals surface area contributed by atoms with E-state index >= 15 is 0 Å². The van der Waals surface area contributed by atoms with Crippen molar-refractivity contribution in [2.45, 2.75) is 152 Å². The maximum Gasteiger partial charge on any atom is 0.274 e. The van der Waals surface area contributed by atoms with E-state index in [0.717, 1.165) is 109 Å². The molecule has 0 saturated carbocycles. The zero-order valence-electron chi connectivity index (χ0n) is 66.0. The average molecular weight is 1800 g/mol. The fourth-order valence-corrected chi connectivity index (χ4v) is 20.1. The molecular formula is C97H95Br4N9O6. The molecule has 15 nitrogen and oxygen atoms in total. The Bertz CT molecular complexity index is 6090. The molecule has 0 fully saturated rings. The highest BCUT2D eigenvalue weighted by atomic mass is 79.9. The number of methoxy groups -OCH3 is 2. The second-order valence-corrected chi connectivity index (χ2v) is 35.4. The van der Waals surface area contributed by atoms with Crippen molar-refractivity contribution in [3.8, 4) is 28.7 Å². The molecule has 5 unspecified atom stereocenters. The van der Waals surface area contributed by atoms with Gasteiger partial charge < -0.3 is 58.6 Å². The van der Waals surface area contributed by atoms with Crippen LogP contribution in [-0.4, -0.2) is 75.2 Å². The van der Waals surface area contributed by atoms with Gasteiger partial charge in [-0.15, -0.1) is 0 Å². The standard InChI is InChI=1S/C22H23NO2.C21H22BrN3.C19H18BrNO.C18H16BrNO.C17H16BrN3O2/c1-24-16-7-9-17(10-8-16)25-18-11-12-21-20(14-18)19-6-2-4-15-5-3-13-23(21)22(15)19;1-25(2)16-9-6-14(7-10-16)13-23-20-5-3-4-17-18-12-15(22)8-11-19(18)24-21(17)20;1-22-14-8-5-12(6-9-14)15-3-2-4-16-17-11-13(20)7-10-18(17)21-19(15)16;19-12-6-9-17-16(10-12)15-3-1-2-14(18(15)20-17)11-4-7-13(21)8-5-11;1-9-7-15(21-23-9)17(22)20-14-4-2-3-11-12-8-10(18)5-6-13(12)19-16(11)14/h7-12,14-15H,2-6,13H2,1H3;6-13,20,24H,3-5H2,1-2H3;5-11,15,21H,2-4H2,1H3;4-10,14,20-21H,1-3H2;5-8,14,19H,2-4H2,1H3,(H,20,22). The van der Waals surface area contributed by atoms with Crippen LogP contribution in [0.4, 0.5) is 5.69 Å². The number of nitrogens with one attached hydrogen (secondary N) is 5. The number of fused-ring (bicyclic) bond motifs is 15. The largest absolute Gasteiger partial charge is 0.508 e. The summed E-state index contributed by atoms with van der Waals surface area (Å²) >= 11 is 14.3. The van der Waals surface area contributed by atoms with E-state index in [4.69, 9.17) is 23.7 Å². The third-order valence-electron chi connectivity index (χ3n) is 24.2. The van der Waals surface area contributed by atoms with E-state index in [1.165, 1.54) is 176 Å². The molecular weight excluding hydrogens is 1710 g/mol. The van der Waals surface area contributed by atoms with E-state index in [0.29, 0.717) is 29.0 Å². The number of ether oxygens (including phenoxy) is 3. The molecule has 1 aliphatic heterocycles. The number of carbonyl (C=O) groups excluding carboxylic acids is 1. The lowest BCUT2D eigenvalue weighted by atomic mass is 9.82. The van der Waals surface area contributed by atoms with Gasteiger partial charge in [-0.2, -0.15) is 0 Å².